The third kappa shape index (κ3) is 4.23. The second kappa shape index (κ2) is 7.57. The number of hydrogen-bond acceptors (Lipinski definition) is 8. The van der Waals surface area contributed by atoms with Crippen molar-refractivity contribution in [3.8, 4) is 5.75 Å². The molecule has 0 spiro atoms. The van der Waals surface area contributed by atoms with E-state index in [-0.39, 0.29) is 15.8 Å². The van der Waals surface area contributed by atoms with Crippen LogP contribution in [0, 0.1) is 6.92 Å². The van der Waals surface area contributed by atoms with E-state index in [2.05, 4.69) is 25.1 Å². The van der Waals surface area contributed by atoms with Crippen molar-refractivity contribution in [1.82, 2.24) is 10.2 Å². The molecule has 10 heteroatoms. The minimum Gasteiger partial charge on any atom is -0.506 e. The van der Waals surface area contributed by atoms with Crippen LogP contribution in [0.5, 0.6) is 5.75 Å². The summed E-state index contributed by atoms with van der Waals surface area (Å²) in [7, 11) is -3.77. The number of aryl methyl sites for hydroxylation is 1. The highest BCUT2D eigenvalue weighted by Crippen LogP contribution is 2.33. The molecule has 0 saturated carbocycles. The van der Waals surface area contributed by atoms with Gasteiger partial charge in [0.1, 0.15) is 16.4 Å². The number of aromatic nitrogens is 2. The number of phenolic OH excluding ortho intramolecular Hbond substituents is 1. The fraction of sp³-hybridized carbons (Fsp3) is 0.0526. The van der Waals surface area contributed by atoms with Crippen LogP contribution in [0.2, 0.25) is 0 Å². The third-order valence-corrected chi connectivity index (χ3v) is 6.25. The van der Waals surface area contributed by atoms with E-state index in [9.17, 15) is 13.5 Å². The van der Waals surface area contributed by atoms with Crippen LogP contribution in [-0.2, 0) is 10.0 Å². The number of nitrogens with zero attached hydrogens (tertiary/aromatic N) is 4. The summed E-state index contributed by atoms with van der Waals surface area (Å²) in [6.07, 6.45) is 0. The molecule has 0 amide bonds. The van der Waals surface area contributed by atoms with Gasteiger partial charge in [0.05, 0.1) is 10.6 Å². The zero-order valence-electron chi connectivity index (χ0n) is 15.1. The molecule has 0 aliphatic heterocycles. The quantitative estimate of drug-likeness (QED) is 0.440. The van der Waals surface area contributed by atoms with E-state index in [0.717, 1.165) is 22.1 Å². The lowest BCUT2D eigenvalue weighted by Gasteiger charge is -2.05. The van der Waals surface area contributed by atoms with Crippen LogP contribution >= 0.6 is 11.3 Å². The van der Waals surface area contributed by atoms with Crippen LogP contribution in [-0.4, -0.2) is 23.7 Å². The Labute approximate surface area is 170 Å². The predicted molar refractivity (Wildman–Crippen MR) is 112 cm³/mol. The van der Waals surface area contributed by atoms with Crippen molar-refractivity contribution in [3.05, 3.63) is 65.7 Å². The average Bonchev–Trinajstić information content (AvgIpc) is 3.10. The molecule has 4 aromatic rings. The molecule has 0 aliphatic carbocycles. The zero-order chi connectivity index (χ0) is 20.4. The SMILES string of the molecule is Cc1nnc(NS(=O)(=O)c2ccc(N=Nc3cc4ccccc4cc3O)cc2)s1. The maximum Gasteiger partial charge on any atom is 0.263 e. The number of benzene rings is 3. The molecule has 0 bridgehead atoms. The summed E-state index contributed by atoms with van der Waals surface area (Å²) in [4.78, 5) is 0.0675. The third-order valence-electron chi connectivity index (χ3n) is 4.01. The monoisotopic (exact) mass is 425 g/mol. The molecule has 146 valence electrons. The largest absolute Gasteiger partial charge is 0.506 e. The lowest BCUT2D eigenvalue weighted by Crippen LogP contribution is -2.12. The van der Waals surface area contributed by atoms with Gasteiger partial charge in [0.2, 0.25) is 5.13 Å². The number of azo groups is 1. The predicted octanol–water partition coefficient (Wildman–Crippen LogP) is 4.92. The van der Waals surface area contributed by atoms with Crippen molar-refractivity contribution in [2.75, 3.05) is 4.72 Å². The molecule has 1 heterocycles. The topological polar surface area (TPSA) is 117 Å². The van der Waals surface area contributed by atoms with Gasteiger partial charge in [-0.3, -0.25) is 4.72 Å². The first-order valence-corrected chi connectivity index (χ1v) is 10.8. The molecule has 3 aromatic carbocycles. The van der Waals surface area contributed by atoms with Crippen LogP contribution in [0.4, 0.5) is 16.5 Å². The van der Waals surface area contributed by atoms with Gasteiger partial charge in [0.25, 0.3) is 10.0 Å². The standard InChI is InChI=1S/C19H15N5O3S2/c1-12-20-23-19(28-12)24-29(26,27)16-8-6-15(7-9-16)21-22-17-10-13-4-2-3-5-14(13)11-18(17)25/h2-11,25H,1H3,(H,23,24). The maximum absolute atomic E-state index is 12.4. The van der Waals surface area contributed by atoms with Crippen molar-refractivity contribution in [2.45, 2.75) is 11.8 Å². The van der Waals surface area contributed by atoms with E-state index < -0.39 is 10.0 Å². The van der Waals surface area contributed by atoms with Crippen LogP contribution in [0.3, 0.4) is 0 Å². The van der Waals surface area contributed by atoms with Gasteiger partial charge in [-0.15, -0.1) is 15.3 Å². The average molecular weight is 425 g/mol. The molecule has 29 heavy (non-hydrogen) atoms. The lowest BCUT2D eigenvalue weighted by atomic mass is 10.1. The summed E-state index contributed by atoms with van der Waals surface area (Å²) in [5.74, 6) is 0.0169. The summed E-state index contributed by atoms with van der Waals surface area (Å²) in [6.45, 7) is 1.74. The number of aromatic hydroxyl groups is 1. The van der Waals surface area contributed by atoms with Gasteiger partial charge in [-0.1, -0.05) is 35.6 Å². The van der Waals surface area contributed by atoms with E-state index in [0.29, 0.717) is 16.4 Å². The number of anilines is 1. The van der Waals surface area contributed by atoms with Gasteiger partial charge in [0.15, 0.2) is 0 Å². The summed E-state index contributed by atoms with van der Waals surface area (Å²) < 4.78 is 27.2. The Morgan fingerprint density at radius 3 is 2.31 bits per heavy atom. The first-order valence-electron chi connectivity index (χ1n) is 8.47. The Balaban J connectivity index is 1.54. The van der Waals surface area contributed by atoms with Crippen molar-refractivity contribution < 1.29 is 13.5 Å². The first kappa shape index (κ1) is 19.0. The van der Waals surface area contributed by atoms with Crippen molar-refractivity contribution in [2.24, 2.45) is 10.2 Å². The van der Waals surface area contributed by atoms with E-state index in [1.54, 1.807) is 19.1 Å². The summed E-state index contributed by atoms with van der Waals surface area (Å²) in [5.41, 5.74) is 0.775. The number of rotatable bonds is 5. The molecule has 1 aromatic heterocycles. The summed E-state index contributed by atoms with van der Waals surface area (Å²) >= 11 is 1.15. The molecule has 0 fully saturated rings. The van der Waals surface area contributed by atoms with Crippen LogP contribution < -0.4 is 4.72 Å². The van der Waals surface area contributed by atoms with Gasteiger partial charge in [-0.25, -0.2) is 8.42 Å². The Kier molecular flexibility index (Phi) is 4.95. The molecule has 0 unspecified atom stereocenters. The van der Waals surface area contributed by atoms with E-state index in [1.807, 2.05) is 24.3 Å². The van der Waals surface area contributed by atoms with Gasteiger partial charge in [0, 0.05) is 0 Å². The molecule has 8 nitrogen and oxygen atoms in total. The number of nitrogens with one attached hydrogen (secondary N) is 1. The molecule has 4 rings (SSSR count). The molecular formula is C19H15N5O3S2. The van der Waals surface area contributed by atoms with Crippen LogP contribution in [0.1, 0.15) is 5.01 Å². The zero-order valence-corrected chi connectivity index (χ0v) is 16.8. The van der Waals surface area contributed by atoms with E-state index in [1.165, 1.54) is 24.3 Å². The molecule has 0 radical (unpaired) electrons. The van der Waals surface area contributed by atoms with Gasteiger partial charge >= 0.3 is 0 Å². The number of sulfonamides is 1. The molecule has 0 saturated heterocycles. The fourth-order valence-corrected chi connectivity index (χ4v) is 4.43. The first-order chi connectivity index (χ1) is 13.9. The Bertz CT molecular complexity index is 1320. The molecule has 0 aliphatic rings. The van der Waals surface area contributed by atoms with Crippen molar-refractivity contribution in [3.63, 3.8) is 0 Å². The molecular weight excluding hydrogens is 410 g/mol. The van der Waals surface area contributed by atoms with Crippen molar-refractivity contribution in [1.29, 1.82) is 0 Å². The van der Waals surface area contributed by atoms with Gasteiger partial charge < -0.3 is 5.11 Å². The Morgan fingerprint density at radius 1 is 0.966 bits per heavy atom. The Morgan fingerprint density at radius 2 is 1.66 bits per heavy atom. The smallest absolute Gasteiger partial charge is 0.263 e. The van der Waals surface area contributed by atoms with Crippen LogP contribution in [0.15, 0.2) is 75.8 Å². The molecule has 0 atom stereocenters. The highest BCUT2D eigenvalue weighted by atomic mass is 32.2. The van der Waals surface area contributed by atoms with E-state index >= 15 is 0 Å². The van der Waals surface area contributed by atoms with Gasteiger partial charge in [-0.2, -0.15) is 5.11 Å². The molecule has 2 N–H and O–H groups in total. The van der Waals surface area contributed by atoms with Crippen LogP contribution in [0.25, 0.3) is 10.8 Å². The normalized spacial score (nSPS) is 11.9. The highest BCUT2D eigenvalue weighted by molar-refractivity contribution is 7.93. The van der Waals surface area contributed by atoms with E-state index in [4.69, 9.17) is 0 Å². The number of hydrogen-bond donors (Lipinski definition) is 2. The van der Waals surface area contributed by atoms with Gasteiger partial charge in [-0.05, 0) is 54.1 Å². The van der Waals surface area contributed by atoms with Crippen molar-refractivity contribution >= 4 is 48.6 Å². The Hall–Kier alpha value is -3.37. The minimum absolute atomic E-state index is 0.0169. The highest BCUT2D eigenvalue weighted by Gasteiger charge is 2.16. The second-order valence-electron chi connectivity index (χ2n) is 6.11. The summed E-state index contributed by atoms with van der Waals surface area (Å²) in [6, 6.07) is 16.9. The number of phenols is 1. The maximum atomic E-state index is 12.4. The number of fused-ring (bicyclic) bond motifs is 1. The summed E-state index contributed by atoms with van der Waals surface area (Å²) in [5, 5.41) is 28.5. The second-order valence-corrected chi connectivity index (χ2v) is 8.98. The fourth-order valence-electron chi connectivity index (χ4n) is 2.61. The minimum atomic E-state index is -3.77. The lowest BCUT2D eigenvalue weighted by molar-refractivity contribution is 0.477.